The lowest BCUT2D eigenvalue weighted by Crippen LogP contribution is -2.27. The second-order valence-electron chi connectivity index (χ2n) is 8.11. The van der Waals surface area contributed by atoms with Gasteiger partial charge in [0.25, 0.3) is 0 Å². The first kappa shape index (κ1) is 22.0. The number of rotatable bonds is 6. The second kappa shape index (κ2) is 9.48. The largest absolute Gasteiger partial charge is 0.507 e. The molecule has 0 bridgehead atoms. The van der Waals surface area contributed by atoms with Crippen molar-refractivity contribution in [2.75, 3.05) is 18.4 Å². The minimum absolute atomic E-state index is 0.138. The van der Waals surface area contributed by atoms with E-state index in [9.17, 15) is 18.7 Å². The average molecular weight is 441 g/mol. The van der Waals surface area contributed by atoms with Gasteiger partial charge in [0.2, 0.25) is 5.91 Å². The molecule has 1 aliphatic heterocycles. The predicted octanol–water partition coefficient (Wildman–Crippen LogP) is 4.88. The fourth-order valence-corrected chi connectivity index (χ4v) is 4.08. The molecule has 0 radical (unpaired) electrons. The Hall–Kier alpha value is -3.26. The number of benzene rings is 2. The Kier molecular flexibility index (Phi) is 6.50. The van der Waals surface area contributed by atoms with Gasteiger partial charge in [0.15, 0.2) is 5.76 Å². The third-order valence-corrected chi connectivity index (χ3v) is 5.78. The number of nitrogens with zero attached hydrogens (tertiary/aromatic N) is 1. The highest BCUT2D eigenvalue weighted by Crippen LogP contribution is 2.39. The van der Waals surface area contributed by atoms with Crippen molar-refractivity contribution in [1.29, 1.82) is 0 Å². The Morgan fingerprint density at radius 1 is 1.19 bits per heavy atom. The number of aryl methyl sites for hydroxylation is 1. The third-order valence-electron chi connectivity index (χ3n) is 5.78. The van der Waals surface area contributed by atoms with Gasteiger partial charge in [0.1, 0.15) is 23.1 Å². The van der Waals surface area contributed by atoms with Crippen LogP contribution in [0.1, 0.15) is 31.9 Å². The Labute approximate surface area is 184 Å². The van der Waals surface area contributed by atoms with Gasteiger partial charge in [-0.25, -0.2) is 8.78 Å². The van der Waals surface area contributed by atoms with Gasteiger partial charge in [0, 0.05) is 18.6 Å². The van der Waals surface area contributed by atoms with E-state index in [1.165, 1.54) is 6.92 Å². The molecule has 4 rings (SSSR count). The van der Waals surface area contributed by atoms with E-state index in [4.69, 9.17) is 4.52 Å². The third kappa shape index (κ3) is 4.80. The van der Waals surface area contributed by atoms with E-state index < -0.39 is 23.2 Å². The molecule has 3 aromatic rings. The smallest absolute Gasteiger partial charge is 0.221 e. The minimum atomic E-state index is -0.931. The summed E-state index contributed by atoms with van der Waals surface area (Å²) in [5, 5.41) is 20.4. The SMILES string of the molecule is CC(=O)Nc1c(F)cc(-c2cccc(-c3cc(CCC4CCNCC4)no3)c2O)cc1F. The Bertz CT molecular complexity index is 1100. The first-order valence-corrected chi connectivity index (χ1v) is 10.7. The second-order valence-corrected chi connectivity index (χ2v) is 8.11. The summed E-state index contributed by atoms with van der Waals surface area (Å²) < 4.78 is 34.2. The number of nitrogens with one attached hydrogen (secondary N) is 2. The molecule has 6 nitrogen and oxygen atoms in total. The van der Waals surface area contributed by atoms with Crippen LogP contribution in [0, 0.1) is 17.6 Å². The number of aromatic hydroxyl groups is 1. The van der Waals surface area contributed by atoms with Crippen LogP contribution in [-0.4, -0.2) is 29.3 Å². The molecule has 1 saturated heterocycles. The number of amides is 1. The zero-order valence-electron chi connectivity index (χ0n) is 17.8. The fourth-order valence-electron chi connectivity index (χ4n) is 4.08. The van der Waals surface area contributed by atoms with Crippen LogP contribution in [-0.2, 0) is 11.2 Å². The van der Waals surface area contributed by atoms with Crippen LogP contribution >= 0.6 is 0 Å². The van der Waals surface area contributed by atoms with Crippen LogP contribution in [0.4, 0.5) is 14.5 Å². The normalized spacial score (nSPS) is 14.5. The molecule has 1 aromatic heterocycles. The van der Waals surface area contributed by atoms with E-state index in [1.54, 1.807) is 24.3 Å². The summed E-state index contributed by atoms with van der Waals surface area (Å²) in [7, 11) is 0. The number of piperidine rings is 1. The maximum absolute atomic E-state index is 14.4. The van der Waals surface area contributed by atoms with Gasteiger partial charge in [-0.1, -0.05) is 17.3 Å². The van der Waals surface area contributed by atoms with E-state index in [-0.39, 0.29) is 16.9 Å². The number of carbonyl (C=O) groups excluding carboxylic acids is 1. The van der Waals surface area contributed by atoms with Crippen molar-refractivity contribution >= 4 is 11.6 Å². The number of carbonyl (C=O) groups is 1. The number of hydrogen-bond acceptors (Lipinski definition) is 5. The molecule has 168 valence electrons. The van der Waals surface area contributed by atoms with E-state index in [0.717, 1.165) is 56.6 Å². The van der Waals surface area contributed by atoms with Gasteiger partial charge in [-0.05, 0) is 68.5 Å². The van der Waals surface area contributed by atoms with E-state index >= 15 is 0 Å². The summed E-state index contributed by atoms with van der Waals surface area (Å²) in [5.41, 5.74) is 1.04. The van der Waals surface area contributed by atoms with Crippen LogP contribution in [0.3, 0.4) is 0 Å². The minimum Gasteiger partial charge on any atom is -0.507 e. The number of anilines is 1. The van der Waals surface area contributed by atoms with E-state index in [1.807, 2.05) is 0 Å². The quantitative estimate of drug-likeness (QED) is 0.507. The van der Waals surface area contributed by atoms with Gasteiger partial charge in [-0.15, -0.1) is 0 Å². The Morgan fingerprint density at radius 2 is 1.88 bits per heavy atom. The molecule has 1 fully saturated rings. The highest BCUT2D eigenvalue weighted by Gasteiger charge is 2.19. The topological polar surface area (TPSA) is 87.4 Å². The Balaban J connectivity index is 1.57. The summed E-state index contributed by atoms with van der Waals surface area (Å²) in [6.07, 6.45) is 4.12. The monoisotopic (exact) mass is 441 g/mol. The van der Waals surface area contributed by atoms with Crippen molar-refractivity contribution in [3.05, 3.63) is 53.7 Å². The van der Waals surface area contributed by atoms with Crippen LogP contribution < -0.4 is 10.6 Å². The molecule has 0 saturated carbocycles. The molecule has 3 N–H and O–H groups in total. The number of phenols is 1. The molecule has 1 amide bonds. The molecule has 0 aliphatic carbocycles. The van der Waals surface area contributed by atoms with Gasteiger partial charge >= 0.3 is 0 Å². The first-order chi connectivity index (χ1) is 15.4. The molecule has 2 heterocycles. The number of aromatic nitrogens is 1. The van der Waals surface area contributed by atoms with Crippen LogP contribution in [0.25, 0.3) is 22.5 Å². The number of phenolic OH excluding ortho intramolecular Hbond substituents is 1. The lowest BCUT2D eigenvalue weighted by atomic mass is 9.92. The molecular weight excluding hydrogens is 416 g/mol. The molecule has 32 heavy (non-hydrogen) atoms. The maximum Gasteiger partial charge on any atom is 0.221 e. The van der Waals surface area contributed by atoms with Crippen molar-refractivity contribution in [2.24, 2.45) is 5.92 Å². The Morgan fingerprint density at radius 3 is 2.56 bits per heavy atom. The van der Waals surface area contributed by atoms with Crippen molar-refractivity contribution in [2.45, 2.75) is 32.6 Å². The van der Waals surface area contributed by atoms with Crippen molar-refractivity contribution < 1.29 is 23.2 Å². The van der Waals surface area contributed by atoms with Crippen molar-refractivity contribution in [1.82, 2.24) is 10.5 Å². The van der Waals surface area contributed by atoms with Crippen molar-refractivity contribution in [3.63, 3.8) is 0 Å². The van der Waals surface area contributed by atoms with Gasteiger partial charge in [0.05, 0.1) is 11.3 Å². The summed E-state index contributed by atoms with van der Waals surface area (Å²) in [6.45, 7) is 3.25. The summed E-state index contributed by atoms with van der Waals surface area (Å²) >= 11 is 0. The van der Waals surface area contributed by atoms with Crippen molar-refractivity contribution in [3.8, 4) is 28.2 Å². The van der Waals surface area contributed by atoms with E-state index in [2.05, 4.69) is 15.8 Å². The first-order valence-electron chi connectivity index (χ1n) is 10.7. The summed E-state index contributed by atoms with van der Waals surface area (Å²) in [4.78, 5) is 11.2. The van der Waals surface area contributed by atoms with Crippen LogP contribution in [0.2, 0.25) is 0 Å². The standard InChI is InChI=1S/C24H25F2N3O3/c1-14(30)28-23-20(25)11-16(12-21(23)26)18-3-2-4-19(24(18)31)22-13-17(29-32-22)6-5-15-7-9-27-10-8-15/h2-4,11-13,15,27,31H,5-10H2,1H3,(H,28,30). The lowest BCUT2D eigenvalue weighted by molar-refractivity contribution is -0.114. The average Bonchev–Trinajstić information content (AvgIpc) is 3.24. The summed E-state index contributed by atoms with van der Waals surface area (Å²) in [5.74, 6) is -1.56. The zero-order valence-corrected chi connectivity index (χ0v) is 17.8. The molecule has 2 aromatic carbocycles. The van der Waals surface area contributed by atoms with Crippen LogP contribution in [0.15, 0.2) is 40.9 Å². The molecule has 0 atom stereocenters. The maximum atomic E-state index is 14.4. The predicted molar refractivity (Wildman–Crippen MR) is 117 cm³/mol. The lowest BCUT2D eigenvalue weighted by Gasteiger charge is -2.21. The number of halogens is 2. The number of para-hydroxylation sites is 1. The molecule has 1 aliphatic rings. The van der Waals surface area contributed by atoms with Crippen LogP contribution in [0.5, 0.6) is 5.75 Å². The highest BCUT2D eigenvalue weighted by molar-refractivity contribution is 5.90. The van der Waals surface area contributed by atoms with Gasteiger partial charge in [-0.3, -0.25) is 4.79 Å². The van der Waals surface area contributed by atoms with Gasteiger partial charge < -0.3 is 20.3 Å². The fraction of sp³-hybridized carbons (Fsp3) is 0.333. The van der Waals surface area contributed by atoms with E-state index in [0.29, 0.717) is 17.2 Å². The number of hydrogen-bond donors (Lipinski definition) is 3. The highest BCUT2D eigenvalue weighted by atomic mass is 19.1. The zero-order chi connectivity index (χ0) is 22.7. The molecular formula is C24H25F2N3O3. The molecule has 0 spiro atoms. The molecule has 8 heteroatoms. The summed E-state index contributed by atoms with van der Waals surface area (Å²) in [6, 6.07) is 8.81. The van der Waals surface area contributed by atoms with Gasteiger partial charge in [-0.2, -0.15) is 0 Å². The molecule has 0 unspecified atom stereocenters.